The highest BCUT2D eigenvalue weighted by Gasteiger charge is 2.29. The van der Waals surface area contributed by atoms with Gasteiger partial charge in [0.1, 0.15) is 11.5 Å². The second-order valence-corrected chi connectivity index (χ2v) is 6.29. The zero-order valence-corrected chi connectivity index (χ0v) is 14.9. The van der Waals surface area contributed by atoms with Crippen molar-refractivity contribution in [2.45, 2.75) is 19.8 Å². The van der Waals surface area contributed by atoms with E-state index in [4.69, 9.17) is 9.47 Å². The molecule has 26 heavy (non-hydrogen) atoms. The van der Waals surface area contributed by atoms with Gasteiger partial charge in [-0.05, 0) is 50.1 Å². The second-order valence-electron chi connectivity index (χ2n) is 6.29. The molecule has 0 aromatic heterocycles. The van der Waals surface area contributed by atoms with Gasteiger partial charge in [0, 0.05) is 18.7 Å². The van der Waals surface area contributed by atoms with Crippen LogP contribution in [-0.2, 0) is 9.53 Å². The zero-order valence-electron chi connectivity index (χ0n) is 14.9. The Balaban J connectivity index is 1.69. The van der Waals surface area contributed by atoms with Crippen molar-refractivity contribution in [1.29, 1.82) is 0 Å². The third-order valence-corrected chi connectivity index (χ3v) is 4.39. The summed E-state index contributed by atoms with van der Waals surface area (Å²) in [4.78, 5) is 26.6. The Morgan fingerprint density at radius 3 is 2.62 bits per heavy atom. The molecule has 1 amide bonds. The van der Waals surface area contributed by atoms with E-state index in [1.807, 2.05) is 36.4 Å². The molecule has 1 saturated heterocycles. The summed E-state index contributed by atoms with van der Waals surface area (Å²) in [6, 6.07) is 16.6. The van der Waals surface area contributed by atoms with Crippen molar-refractivity contribution in [1.82, 2.24) is 4.90 Å². The molecule has 1 atom stereocenters. The average Bonchev–Trinajstić information content (AvgIpc) is 2.69. The van der Waals surface area contributed by atoms with Crippen molar-refractivity contribution < 1.29 is 19.1 Å². The molecule has 1 unspecified atom stereocenters. The lowest BCUT2D eigenvalue weighted by atomic mass is 9.97. The Kier molecular flexibility index (Phi) is 5.89. The van der Waals surface area contributed by atoms with Gasteiger partial charge < -0.3 is 14.4 Å². The standard InChI is InChI=1S/C21H23NO4/c1-2-25-21(24)17-9-7-13-22(15-17)20(23)16-8-6-12-19(14-16)26-18-10-4-3-5-11-18/h3-6,8,10-12,14,17H,2,7,9,13,15H2,1H3. The number of likely N-dealkylation sites (tertiary alicyclic amines) is 1. The second kappa shape index (κ2) is 8.52. The van der Waals surface area contributed by atoms with E-state index < -0.39 is 0 Å². The van der Waals surface area contributed by atoms with Crippen LogP contribution in [0.2, 0.25) is 0 Å². The van der Waals surface area contributed by atoms with Crippen LogP contribution in [0.4, 0.5) is 0 Å². The fourth-order valence-electron chi connectivity index (χ4n) is 3.11. The quantitative estimate of drug-likeness (QED) is 0.765. The Bertz CT molecular complexity index is 760. The Morgan fingerprint density at radius 1 is 1.08 bits per heavy atom. The predicted molar refractivity (Wildman–Crippen MR) is 98.2 cm³/mol. The van der Waals surface area contributed by atoms with E-state index in [1.54, 1.807) is 30.0 Å². The molecule has 0 aliphatic carbocycles. The maximum absolute atomic E-state index is 12.8. The highest BCUT2D eigenvalue weighted by atomic mass is 16.5. The first-order chi connectivity index (χ1) is 12.7. The summed E-state index contributed by atoms with van der Waals surface area (Å²) >= 11 is 0. The van der Waals surface area contributed by atoms with Crippen molar-refractivity contribution in [2.24, 2.45) is 5.92 Å². The number of carbonyl (C=O) groups excluding carboxylic acids is 2. The summed E-state index contributed by atoms with van der Waals surface area (Å²) in [6.07, 6.45) is 1.56. The maximum atomic E-state index is 12.8. The molecule has 2 aromatic rings. The lowest BCUT2D eigenvalue weighted by Gasteiger charge is -2.31. The first kappa shape index (κ1) is 18.0. The van der Waals surface area contributed by atoms with Crippen LogP contribution in [-0.4, -0.2) is 36.5 Å². The van der Waals surface area contributed by atoms with Gasteiger partial charge in [0.05, 0.1) is 12.5 Å². The highest BCUT2D eigenvalue weighted by Crippen LogP contribution is 2.24. The number of para-hydroxylation sites is 1. The van der Waals surface area contributed by atoms with E-state index in [1.165, 1.54) is 0 Å². The number of hydrogen-bond donors (Lipinski definition) is 0. The van der Waals surface area contributed by atoms with E-state index in [0.717, 1.165) is 18.6 Å². The molecule has 1 aliphatic heterocycles. The lowest BCUT2D eigenvalue weighted by molar-refractivity contribution is -0.149. The summed E-state index contributed by atoms with van der Waals surface area (Å²) < 4.78 is 10.9. The fraction of sp³-hybridized carbons (Fsp3) is 0.333. The van der Waals surface area contributed by atoms with Gasteiger partial charge in [-0.2, -0.15) is 0 Å². The molecule has 1 aliphatic rings. The van der Waals surface area contributed by atoms with Crippen LogP contribution < -0.4 is 4.74 Å². The monoisotopic (exact) mass is 353 g/mol. The minimum atomic E-state index is -0.239. The molecule has 0 radical (unpaired) electrons. The summed E-state index contributed by atoms with van der Waals surface area (Å²) in [6.45, 7) is 3.21. The third-order valence-electron chi connectivity index (χ3n) is 4.39. The van der Waals surface area contributed by atoms with Crippen LogP contribution in [0, 0.1) is 5.92 Å². The Hall–Kier alpha value is -2.82. The molecule has 2 aromatic carbocycles. The summed E-state index contributed by atoms with van der Waals surface area (Å²) in [5.74, 6) is 0.790. The summed E-state index contributed by atoms with van der Waals surface area (Å²) in [5.41, 5.74) is 0.558. The van der Waals surface area contributed by atoms with E-state index in [9.17, 15) is 9.59 Å². The van der Waals surface area contributed by atoms with Gasteiger partial charge in [0.15, 0.2) is 0 Å². The van der Waals surface area contributed by atoms with Crippen molar-refractivity contribution in [2.75, 3.05) is 19.7 Å². The molecular formula is C21H23NO4. The van der Waals surface area contributed by atoms with Crippen LogP contribution in [0.15, 0.2) is 54.6 Å². The lowest BCUT2D eigenvalue weighted by Crippen LogP contribution is -2.42. The van der Waals surface area contributed by atoms with E-state index in [-0.39, 0.29) is 17.8 Å². The first-order valence-electron chi connectivity index (χ1n) is 8.96. The van der Waals surface area contributed by atoms with Crippen molar-refractivity contribution in [3.8, 4) is 11.5 Å². The molecule has 0 bridgehead atoms. The Morgan fingerprint density at radius 2 is 1.85 bits per heavy atom. The molecular weight excluding hydrogens is 330 g/mol. The van der Waals surface area contributed by atoms with Crippen LogP contribution in [0.25, 0.3) is 0 Å². The molecule has 5 nitrogen and oxygen atoms in total. The normalized spacial score (nSPS) is 16.8. The highest BCUT2D eigenvalue weighted by molar-refractivity contribution is 5.95. The van der Waals surface area contributed by atoms with Gasteiger partial charge in [-0.1, -0.05) is 24.3 Å². The number of carbonyl (C=O) groups is 2. The maximum Gasteiger partial charge on any atom is 0.310 e. The molecule has 136 valence electrons. The van der Waals surface area contributed by atoms with Crippen LogP contribution in [0.3, 0.4) is 0 Å². The number of nitrogens with zero attached hydrogens (tertiary/aromatic N) is 1. The predicted octanol–water partition coefficient (Wildman–Crippen LogP) is 3.89. The van der Waals surface area contributed by atoms with Gasteiger partial charge >= 0.3 is 5.97 Å². The molecule has 1 heterocycles. The first-order valence-corrected chi connectivity index (χ1v) is 8.96. The number of ether oxygens (including phenoxy) is 2. The number of rotatable bonds is 5. The van der Waals surface area contributed by atoms with Crippen LogP contribution >= 0.6 is 0 Å². The molecule has 0 spiro atoms. The average molecular weight is 353 g/mol. The summed E-state index contributed by atoms with van der Waals surface area (Å²) in [5, 5.41) is 0. The van der Waals surface area contributed by atoms with Crippen molar-refractivity contribution in [3.05, 3.63) is 60.2 Å². The topological polar surface area (TPSA) is 55.8 Å². The van der Waals surface area contributed by atoms with E-state index >= 15 is 0 Å². The molecule has 1 fully saturated rings. The number of esters is 1. The van der Waals surface area contributed by atoms with Gasteiger partial charge in [-0.15, -0.1) is 0 Å². The van der Waals surface area contributed by atoms with Crippen molar-refractivity contribution >= 4 is 11.9 Å². The molecule has 5 heteroatoms. The molecule has 0 saturated carbocycles. The van der Waals surface area contributed by atoms with Crippen LogP contribution in [0.1, 0.15) is 30.1 Å². The molecule has 3 rings (SSSR count). The van der Waals surface area contributed by atoms with Gasteiger partial charge in [0.25, 0.3) is 5.91 Å². The third kappa shape index (κ3) is 4.42. The van der Waals surface area contributed by atoms with E-state index in [0.29, 0.717) is 31.0 Å². The van der Waals surface area contributed by atoms with Gasteiger partial charge in [-0.3, -0.25) is 9.59 Å². The summed E-state index contributed by atoms with van der Waals surface area (Å²) in [7, 11) is 0. The number of hydrogen-bond acceptors (Lipinski definition) is 4. The number of amides is 1. The van der Waals surface area contributed by atoms with Gasteiger partial charge in [0.2, 0.25) is 0 Å². The van der Waals surface area contributed by atoms with Gasteiger partial charge in [-0.25, -0.2) is 0 Å². The van der Waals surface area contributed by atoms with Crippen molar-refractivity contribution in [3.63, 3.8) is 0 Å². The number of piperidine rings is 1. The minimum absolute atomic E-state index is 0.0856. The van der Waals surface area contributed by atoms with Crippen LogP contribution in [0.5, 0.6) is 11.5 Å². The minimum Gasteiger partial charge on any atom is -0.466 e. The molecule has 0 N–H and O–H groups in total. The zero-order chi connectivity index (χ0) is 18.4. The SMILES string of the molecule is CCOC(=O)C1CCCN(C(=O)c2cccc(Oc3ccccc3)c2)C1. The smallest absolute Gasteiger partial charge is 0.310 e. The van der Waals surface area contributed by atoms with E-state index in [2.05, 4.69) is 0 Å². The fourth-order valence-corrected chi connectivity index (χ4v) is 3.11. The Labute approximate surface area is 153 Å². The number of benzene rings is 2. The largest absolute Gasteiger partial charge is 0.466 e.